The average molecular weight is 272 g/mol. The first-order valence-electron chi connectivity index (χ1n) is 5.99. The number of aromatic nitrogens is 1. The third-order valence-corrected chi connectivity index (χ3v) is 3.04. The van der Waals surface area contributed by atoms with Gasteiger partial charge in [-0.1, -0.05) is 6.07 Å². The Morgan fingerprint density at radius 2 is 2.11 bits per heavy atom. The number of sulfonamides is 1. The molecule has 1 aromatic heterocycles. The van der Waals surface area contributed by atoms with E-state index in [0.29, 0.717) is 26.2 Å². The first-order valence-corrected chi connectivity index (χ1v) is 7.88. The van der Waals surface area contributed by atoms with Crippen LogP contribution in [-0.2, 0) is 21.2 Å². The Labute approximate surface area is 109 Å². The summed E-state index contributed by atoms with van der Waals surface area (Å²) >= 11 is 0. The van der Waals surface area contributed by atoms with Crippen molar-refractivity contribution in [2.45, 2.75) is 19.3 Å². The lowest BCUT2D eigenvalue weighted by atomic mass is 10.2. The predicted octanol–water partition coefficient (Wildman–Crippen LogP) is 0.970. The number of aryl methyl sites for hydroxylation is 1. The van der Waals surface area contributed by atoms with E-state index in [1.54, 1.807) is 6.20 Å². The first-order chi connectivity index (χ1) is 8.58. The SMILES string of the molecule is CS(=O)(=O)NCCCOCCCc1cccnc1. The van der Waals surface area contributed by atoms with Crippen LogP contribution in [0.1, 0.15) is 18.4 Å². The molecule has 1 N–H and O–H groups in total. The van der Waals surface area contributed by atoms with Crippen molar-refractivity contribution in [3.8, 4) is 0 Å². The highest BCUT2D eigenvalue weighted by Crippen LogP contribution is 2.00. The molecule has 5 nitrogen and oxygen atoms in total. The zero-order chi connectivity index (χ0) is 13.3. The van der Waals surface area contributed by atoms with Crippen LogP contribution in [0.4, 0.5) is 0 Å². The second-order valence-electron chi connectivity index (χ2n) is 4.10. The van der Waals surface area contributed by atoms with Crippen LogP contribution in [0.15, 0.2) is 24.5 Å². The van der Waals surface area contributed by atoms with Crippen LogP contribution in [0, 0.1) is 0 Å². The van der Waals surface area contributed by atoms with Gasteiger partial charge in [0.05, 0.1) is 6.26 Å². The van der Waals surface area contributed by atoms with Gasteiger partial charge in [0.2, 0.25) is 10.0 Å². The van der Waals surface area contributed by atoms with E-state index in [4.69, 9.17) is 4.74 Å². The molecule has 0 spiro atoms. The van der Waals surface area contributed by atoms with Gasteiger partial charge in [-0.3, -0.25) is 4.98 Å². The number of nitrogens with zero attached hydrogens (tertiary/aromatic N) is 1. The predicted molar refractivity (Wildman–Crippen MR) is 70.8 cm³/mol. The molecule has 18 heavy (non-hydrogen) atoms. The van der Waals surface area contributed by atoms with Crippen molar-refractivity contribution in [2.24, 2.45) is 0 Å². The van der Waals surface area contributed by atoms with Gasteiger partial charge in [0.1, 0.15) is 0 Å². The Kier molecular flexibility index (Phi) is 6.85. The van der Waals surface area contributed by atoms with Gasteiger partial charge in [-0.15, -0.1) is 0 Å². The second-order valence-corrected chi connectivity index (χ2v) is 5.93. The molecule has 0 bridgehead atoms. The molecular weight excluding hydrogens is 252 g/mol. The number of pyridine rings is 1. The molecular formula is C12H20N2O3S. The Balaban J connectivity index is 1.93. The summed E-state index contributed by atoms with van der Waals surface area (Å²) in [5.74, 6) is 0. The molecule has 0 unspecified atom stereocenters. The molecule has 1 aromatic rings. The number of ether oxygens (including phenoxy) is 1. The smallest absolute Gasteiger partial charge is 0.208 e. The van der Waals surface area contributed by atoms with E-state index in [-0.39, 0.29) is 0 Å². The van der Waals surface area contributed by atoms with E-state index in [9.17, 15) is 8.42 Å². The van der Waals surface area contributed by atoms with Crippen molar-refractivity contribution in [3.05, 3.63) is 30.1 Å². The maximum absolute atomic E-state index is 10.8. The number of hydrogen-bond acceptors (Lipinski definition) is 4. The van der Waals surface area contributed by atoms with E-state index in [1.807, 2.05) is 18.3 Å². The summed E-state index contributed by atoms with van der Waals surface area (Å²) in [7, 11) is -3.07. The minimum atomic E-state index is -3.07. The number of hydrogen-bond donors (Lipinski definition) is 1. The standard InChI is InChI=1S/C12H20N2O3S/c1-18(15,16)14-8-4-10-17-9-3-6-12-5-2-7-13-11-12/h2,5,7,11,14H,3-4,6,8-10H2,1H3. The molecule has 102 valence electrons. The molecule has 0 saturated heterocycles. The average Bonchev–Trinajstić information content (AvgIpc) is 2.32. The molecule has 0 aliphatic carbocycles. The largest absolute Gasteiger partial charge is 0.381 e. The van der Waals surface area contributed by atoms with Gasteiger partial charge in [0.15, 0.2) is 0 Å². The zero-order valence-electron chi connectivity index (χ0n) is 10.6. The lowest BCUT2D eigenvalue weighted by Crippen LogP contribution is -2.23. The summed E-state index contributed by atoms with van der Waals surface area (Å²) in [4.78, 5) is 4.04. The van der Waals surface area contributed by atoms with Crippen molar-refractivity contribution in [3.63, 3.8) is 0 Å². The van der Waals surface area contributed by atoms with E-state index in [1.165, 1.54) is 5.56 Å². The summed E-state index contributed by atoms with van der Waals surface area (Å²) < 4.78 is 29.4. The second kappa shape index (κ2) is 8.18. The van der Waals surface area contributed by atoms with Gasteiger partial charge in [-0.2, -0.15) is 0 Å². The summed E-state index contributed by atoms with van der Waals surface area (Å²) in [6.07, 6.45) is 7.37. The first kappa shape index (κ1) is 15.1. The van der Waals surface area contributed by atoms with E-state index in [2.05, 4.69) is 9.71 Å². The summed E-state index contributed by atoms with van der Waals surface area (Å²) in [6, 6.07) is 3.97. The summed E-state index contributed by atoms with van der Waals surface area (Å²) in [6.45, 7) is 1.70. The normalized spacial score (nSPS) is 11.6. The molecule has 1 rings (SSSR count). The van der Waals surface area contributed by atoms with E-state index < -0.39 is 10.0 Å². The number of rotatable bonds is 9. The third kappa shape index (κ3) is 8.16. The Hall–Kier alpha value is -0.980. The lowest BCUT2D eigenvalue weighted by Gasteiger charge is -2.05. The Morgan fingerprint density at radius 3 is 2.78 bits per heavy atom. The highest BCUT2D eigenvalue weighted by atomic mass is 32.2. The monoisotopic (exact) mass is 272 g/mol. The molecule has 0 aliphatic heterocycles. The molecule has 0 aliphatic rings. The van der Waals surface area contributed by atoms with Crippen molar-refractivity contribution in [1.82, 2.24) is 9.71 Å². The van der Waals surface area contributed by atoms with Crippen LogP contribution in [0.2, 0.25) is 0 Å². The van der Waals surface area contributed by atoms with Crippen LogP contribution in [0.5, 0.6) is 0 Å². The van der Waals surface area contributed by atoms with Gasteiger partial charge in [0.25, 0.3) is 0 Å². The fourth-order valence-electron chi connectivity index (χ4n) is 1.46. The molecule has 0 radical (unpaired) electrons. The van der Waals surface area contributed by atoms with Crippen molar-refractivity contribution >= 4 is 10.0 Å². The lowest BCUT2D eigenvalue weighted by molar-refractivity contribution is 0.130. The quantitative estimate of drug-likeness (QED) is 0.680. The van der Waals surface area contributed by atoms with Crippen LogP contribution in [-0.4, -0.2) is 39.4 Å². The fraction of sp³-hybridized carbons (Fsp3) is 0.583. The van der Waals surface area contributed by atoms with Crippen molar-refractivity contribution in [1.29, 1.82) is 0 Å². The van der Waals surface area contributed by atoms with Crippen molar-refractivity contribution in [2.75, 3.05) is 26.0 Å². The zero-order valence-corrected chi connectivity index (χ0v) is 11.4. The molecule has 0 atom stereocenters. The highest BCUT2D eigenvalue weighted by Gasteiger charge is 1.98. The molecule has 0 fully saturated rings. The molecule has 0 amide bonds. The maximum Gasteiger partial charge on any atom is 0.208 e. The Bertz CT molecular complexity index is 420. The van der Waals surface area contributed by atoms with Crippen LogP contribution in [0.25, 0.3) is 0 Å². The Morgan fingerprint density at radius 1 is 1.33 bits per heavy atom. The maximum atomic E-state index is 10.8. The molecule has 0 saturated carbocycles. The minimum Gasteiger partial charge on any atom is -0.381 e. The third-order valence-electron chi connectivity index (χ3n) is 2.31. The summed E-state index contributed by atoms with van der Waals surface area (Å²) in [5.41, 5.74) is 1.21. The topological polar surface area (TPSA) is 68.3 Å². The van der Waals surface area contributed by atoms with Gasteiger partial charge in [-0.05, 0) is 30.9 Å². The van der Waals surface area contributed by atoms with Crippen LogP contribution < -0.4 is 4.72 Å². The van der Waals surface area contributed by atoms with Gasteiger partial charge in [-0.25, -0.2) is 13.1 Å². The van der Waals surface area contributed by atoms with Gasteiger partial charge < -0.3 is 4.74 Å². The molecule has 1 heterocycles. The van der Waals surface area contributed by atoms with Crippen molar-refractivity contribution < 1.29 is 13.2 Å². The van der Waals surface area contributed by atoms with Crippen LogP contribution in [0.3, 0.4) is 0 Å². The molecule has 0 aromatic carbocycles. The molecule has 6 heteroatoms. The van der Waals surface area contributed by atoms with Gasteiger partial charge >= 0.3 is 0 Å². The van der Waals surface area contributed by atoms with E-state index in [0.717, 1.165) is 19.1 Å². The highest BCUT2D eigenvalue weighted by molar-refractivity contribution is 7.88. The fourth-order valence-corrected chi connectivity index (χ4v) is 1.97. The van der Waals surface area contributed by atoms with Gasteiger partial charge in [0, 0.05) is 32.2 Å². The number of nitrogens with one attached hydrogen (secondary N) is 1. The van der Waals surface area contributed by atoms with E-state index >= 15 is 0 Å². The summed E-state index contributed by atoms with van der Waals surface area (Å²) in [5, 5.41) is 0. The van der Waals surface area contributed by atoms with Crippen LogP contribution >= 0.6 is 0 Å². The minimum absolute atomic E-state index is 0.432.